The Kier molecular flexibility index (Phi) is 13.3. The topological polar surface area (TPSA) is 93.5 Å². The van der Waals surface area contributed by atoms with Crippen molar-refractivity contribution >= 4 is 67.3 Å². The molecule has 9 nitrogen and oxygen atoms in total. The fourth-order valence-electron chi connectivity index (χ4n) is 10.9. The lowest BCUT2D eigenvalue weighted by atomic mass is 9.98. The van der Waals surface area contributed by atoms with Gasteiger partial charge in [-0.15, -0.1) is 0 Å². The second kappa shape index (κ2) is 21.9. The van der Waals surface area contributed by atoms with Gasteiger partial charge in [0.1, 0.15) is 0 Å². The summed E-state index contributed by atoms with van der Waals surface area (Å²) in [5.74, 6) is 0.518. The van der Waals surface area contributed by atoms with Gasteiger partial charge in [-0.3, -0.25) is 0 Å². The van der Waals surface area contributed by atoms with E-state index in [1.54, 1.807) is 24.3 Å². The molecule has 0 unspecified atom stereocenters. The minimum absolute atomic E-state index is 0.361. The van der Waals surface area contributed by atoms with Crippen LogP contribution < -0.4 is 9.80 Å². The fraction of sp³-hybridized carbons (Fsp3) is 0. The second-order valence-electron chi connectivity index (χ2n) is 19.8. The molecule has 2 heterocycles. The van der Waals surface area contributed by atoms with E-state index in [0.29, 0.717) is 39.7 Å². The summed E-state index contributed by atoms with van der Waals surface area (Å²) in [6.07, 6.45) is 0. The Morgan fingerprint density at radius 2 is 0.675 bits per heavy atom. The van der Waals surface area contributed by atoms with Gasteiger partial charge in [0.15, 0.2) is 5.82 Å². The number of fused-ring (bicyclic) bond motifs is 3. The number of hydrogen-bond acceptors (Lipinski definition) is 6. The third-order valence-corrected chi connectivity index (χ3v) is 14.9. The van der Waals surface area contributed by atoms with Gasteiger partial charge in [-0.2, -0.15) is 10.5 Å². The van der Waals surface area contributed by atoms with Gasteiger partial charge >= 0.3 is 0 Å². The van der Waals surface area contributed by atoms with Gasteiger partial charge in [-0.1, -0.05) is 133 Å². The number of hydrogen-bond donors (Lipinski definition) is 0. The number of anilines is 6. The summed E-state index contributed by atoms with van der Waals surface area (Å²) in [6.45, 7) is 17.5. The van der Waals surface area contributed by atoms with Crippen molar-refractivity contribution in [1.82, 2.24) is 14.5 Å². The monoisotopic (exact) mass is 1060 g/mol. The van der Waals surface area contributed by atoms with Crippen LogP contribution in [0.15, 0.2) is 273 Å². The van der Waals surface area contributed by atoms with Crippen LogP contribution >= 0.6 is 0 Å². The van der Waals surface area contributed by atoms with Crippen LogP contribution in [0, 0.1) is 35.8 Å². The molecule has 0 saturated carbocycles. The van der Waals surface area contributed by atoms with Crippen LogP contribution in [0.5, 0.6) is 0 Å². The van der Waals surface area contributed by atoms with Crippen LogP contribution in [-0.2, 0) is 0 Å². The van der Waals surface area contributed by atoms with Crippen LogP contribution in [-0.4, -0.2) is 14.5 Å². The molecule has 13 rings (SSSR count). The third kappa shape index (κ3) is 9.73. The van der Waals surface area contributed by atoms with Crippen molar-refractivity contribution in [3.05, 3.63) is 307 Å². The summed E-state index contributed by atoms with van der Waals surface area (Å²) in [5.41, 5.74) is 17.6. The Bertz CT molecular complexity index is 4400. The van der Waals surface area contributed by atoms with E-state index in [0.717, 1.165) is 101 Å². The summed E-state index contributed by atoms with van der Waals surface area (Å²) in [6, 6.07) is 95.4. The number of rotatable bonds is 12. The van der Waals surface area contributed by atoms with E-state index >= 15 is 0 Å². The lowest BCUT2D eigenvalue weighted by molar-refractivity contribution is 1.18. The molecule has 0 radical (unpaired) electrons. The predicted octanol–water partition coefficient (Wildman–Crippen LogP) is 19.7. The Balaban J connectivity index is 0.883. The number of nitriles is 2. The van der Waals surface area contributed by atoms with Crippen molar-refractivity contribution < 1.29 is 0 Å². The van der Waals surface area contributed by atoms with Gasteiger partial charge in [0, 0.05) is 61.6 Å². The van der Waals surface area contributed by atoms with Crippen LogP contribution in [0.25, 0.3) is 93.3 Å². The molecule has 0 atom stereocenters. The van der Waals surface area contributed by atoms with Crippen molar-refractivity contribution in [3.8, 4) is 74.0 Å². The lowest BCUT2D eigenvalue weighted by Gasteiger charge is -2.26. The smallest absolute Gasteiger partial charge is 0.200 e. The molecule has 0 aliphatic carbocycles. The Hall–Kier alpha value is -12.1. The molecular formula is C74H45N9. The molecule has 0 aliphatic rings. The summed E-state index contributed by atoms with van der Waals surface area (Å²) in [5, 5.41) is 20.8. The van der Waals surface area contributed by atoms with E-state index in [1.807, 2.05) is 140 Å². The van der Waals surface area contributed by atoms with Gasteiger partial charge < -0.3 is 14.4 Å². The highest BCUT2D eigenvalue weighted by atomic mass is 15.2. The molecular weight excluding hydrogens is 1010 g/mol. The highest BCUT2D eigenvalue weighted by Crippen LogP contribution is 2.47. The molecule has 0 N–H and O–H groups in total. The van der Waals surface area contributed by atoms with Gasteiger partial charge in [0.2, 0.25) is 11.4 Å². The average molecular weight is 1060 g/mol. The van der Waals surface area contributed by atoms with Crippen molar-refractivity contribution in [2.24, 2.45) is 0 Å². The van der Waals surface area contributed by atoms with Gasteiger partial charge in [-0.25, -0.2) is 19.7 Å². The van der Waals surface area contributed by atoms with E-state index in [2.05, 4.69) is 145 Å². The molecule has 0 saturated heterocycles. The maximum Gasteiger partial charge on any atom is 0.200 e. The number of benzene rings is 11. The summed E-state index contributed by atoms with van der Waals surface area (Å²) in [7, 11) is 0. The average Bonchev–Trinajstić information content (AvgIpc) is 3.96. The number of para-hydroxylation sites is 4. The van der Waals surface area contributed by atoms with Crippen molar-refractivity contribution in [2.75, 3.05) is 9.80 Å². The molecule has 0 spiro atoms. The first kappa shape index (κ1) is 50.4. The van der Waals surface area contributed by atoms with Gasteiger partial charge in [0.25, 0.3) is 0 Å². The summed E-state index contributed by atoms with van der Waals surface area (Å²) >= 11 is 0. The zero-order chi connectivity index (χ0) is 56.2. The zero-order valence-electron chi connectivity index (χ0n) is 44.5. The van der Waals surface area contributed by atoms with Gasteiger partial charge in [0.05, 0.1) is 64.5 Å². The molecule has 386 valence electrons. The molecule has 13 aromatic rings. The maximum atomic E-state index is 9.43. The fourth-order valence-corrected chi connectivity index (χ4v) is 10.9. The first-order valence-corrected chi connectivity index (χ1v) is 26.9. The minimum atomic E-state index is 0.361. The van der Waals surface area contributed by atoms with Crippen LogP contribution in [0.4, 0.5) is 45.5 Å². The summed E-state index contributed by atoms with van der Waals surface area (Å²) < 4.78 is 2.10. The second-order valence-corrected chi connectivity index (χ2v) is 19.8. The first-order valence-electron chi connectivity index (χ1n) is 26.9. The Morgan fingerprint density at radius 3 is 1.04 bits per heavy atom. The standard InChI is InChI=1S/C74H45N9/c1-77-69-43-58(54-33-31-52(32-34-54)53-35-37-56(38-36-53)68-47-67(55-27-23-50(48-75)24-28-55)79-74(80-68)57-29-25-51(49-76)26-30-57)44-70(78-2)73(69)83-71-41-39-63(81(59-15-7-3-8-16-59)60-17-9-4-10-18-60)45-65(71)66-46-64(40-42-72(66)83)82(61-19-11-5-12-20-61)62-21-13-6-14-22-62/h3-47H. The zero-order valence-corrected chi connectivity index (χ0v) is 44.5. The van der Waals surface area contributed by atoms with Crippen LogP contribution in [0.2, 0.25) is 0 Å². The lowest BCUT2D eigenvalue weighted by Crippen LogP contribution is -2.09. The van der Waals surface area contributed by atoms with E-state index < -0.39 is 0 Å². The van der Waals surface area contributed by atoms with Crippen molar-refractivity contribution in [1.29, 1.82) is 10.5 Å². The molecule has 0 aliphatic heterocycles. The SMILES string of the molecule is [C-]#[N+]c1cc(-c2ccc(-c3ccc(-c4cc(-c5ccc(C#N)cc5)nc(-c5ccc(C#N)cc5)n4)cc3)cc2)cc([N+]#[C-])c1-n1c2ccc(N(c3ccccc3)c3ccccc3)cc2c2cc(N(c3ccccc3)c3ccccc3)ccc21. The quantitative estimate of drug-likeness (QED) is 0.113. The summed E-state index contributed by atoms with van der Waals surface area (Å²) in [4.78, 5) is 22.8. The minimum Gasteiger partial charge on any atom is -0.329 e. The van der Waals surface area contributed by atoms with E-state index in [-0.39, 0.29) is 0 Å². The van der Waals surface area contributed by atoms with E-state index in [1.165, 1.54) is 0 Å². The molecule has 83 heavy (non-hydrogen) atoms. The highest BCUT2D eigenvalue weighted by Gasteiger charge is 2.24. The largest absolute Gasteiger partial charge is 0.329 e. The van der Waals surface area contributed by atoms with Crippen molar-refractivity contribution in [2.45, 2.75) is 0 Å². The Labute approximate surface area is 480 Å². The third-order valence-electron chi connectivity index (χ3n) is 14.9. The number of aromatic nitrogens is 3. The molecule has 2 aromatic heterocycles. The maximum absolute atomic E-state index is 9.43. The van der Waals surface area contributed by atoms with Crippen molar-refractivity contribution in [3.63, 3.8) is 0 Å². The molecule has 0 fully saturated rings. The molecule has 9 heteroatoms. The molecule has 0 amide bonds. The van der Waals surface area contributed by atoms with E-state index in [4.69, 9.17) is 23.1 Å². The van der Waals surface area contributed by atoms with Gasteiger partial charge in [-0.05, 0) is 162 Å². The normalized spacial score (nSPS) is 10.8. The van der Waals surface area contributed by atoms with E-state index in [9.17, 15) is 10.5 Å². The number of nitrogens with zero attached hydrogens (tertiary/aromatic N) is 9. The molecule has 0 bridgehead atoms. The molecule has 11 aromatic carbocycles. The van der Waals surface area contributed by atoms with Crippen LogP contribution in [0.1, 0.15) is 11.1 Å². The first-order chi connectivity index (χ1) is 40.9. The predicted molar refractivity (Wildman–Crippen MR) is 335 cm³/mol. The Morgan fingerprint density at radius 1 is 0.337 bits per heavy atom. The highest BCUT2D eigenvalue weighted by molar-refractivity contribution is 6.13. The van der Waals surface area contributed by atoms with Crippen LogP contribution in [0.3, 0.4) is 0 Å².